The number of aliphatic imine (C=N–C) groups is 1. The van der Waals surface area contributed by atoms with Crippen molar-refractivity contribution in [2.45, 2.75) is 52.2 Å². The van der Waals surface area contributed by atoms with E-state index in [1.165, 1.54) is 19.3 Å². The Morgan fingerprint density at radius 2 is 1.87 bits per heavy atom. The number of ether oxygens (including phenoxy) is 1. The second-order valence-corrected chi connectivity index (χ2v) is 7.80. The molecule has 162 valence electrons. The summed E-state index contributed by atoms with van der Waals surface area (Å²) in [5.74, 6) is 4.45. The molecule has 2 heterocycles. The number of guanidine groups is 1. The molecule has 4 rings (SSSR count). The van der Waals surface area contributed by atoms with Crippen molar-refractivity contribution in [1.82, 2.24) is 25.4 Å². The van der Waals surface area contributed by atoms with Gasteiger partial charge in [0.15, 0.2) is 11.8 Å². The van der Waals surface area contributed by atoms with Gasteiger partial charge in [0.2, 0.25) is 0 Å². The Morgan fingerprint density at radius 3 is 2.71 bits per heavy atom. The maximum absolute atomic E-state index is 6.13. The molecule has 1 aromatic heterocycles. The molecule has 0 fully saturated rings. The van der Waals surface area contributed by atoms with Crippen LogP contribution in [0.4, 0.5) is 0 Å². The Bertz CT molecular complexity index is 1030. The number of hydrogen-bond donors (Lipinski definition) is 2. The van der Waals surface area contributed by atoms with Crippen LogP contribution in [0.3, 0.4) is 0 Å². The Hall–Kier alpha value is -3.35. The van der Waals surface area contributed by atoms with Crippen LogP contribution in [0.2, 0.25) is 0 Å². The van der Waals surface area contributed by atoms with Crippen LogP contribution in [0, 0.1) is 6.92 Å². The Balaban J connectivity index is 1.39. The van der Waals surface area contributed by atoms with Gasteiger partial charge < -0.3 is 19.9 Å². The van der Waals surface area contributed by atoms with Gasteiger partial charge in [0.05, 0.1) is 6.54 Å². The average Bonchev–Trinajstić information content (AvgIpc) is 3.01. The van der Waals surface area contributed by atoms with E-state index in [1.54, 1.807) is 7.05 Å². The van der Waals surface area contributed by atoms with Crippen LogP contribution in [-0.4, -0.2) is 27.8 Å². The fourth-order valence-electron chi connectivity index (χ4n) is 3.76. The third kappa shape index (κ3) is 5.42. The first-order valence-electron chi connectivity index (χ1n) is 10.9. The van der Waals surface area contributed by atoms with Gasteiger partial charge in [-0.1, -0.05) is 36.8 Å². The molecule has 3 aromatic rings. The lowest BCUT2D eigenvalue weighted by atomic mass is 10.1. The number of benzene rings is 2. The molecule has 2 N–H and O–H groups in total. The molecule has 1 aliphatic heterocycles. The number of aromatic nitrogens is 3. The summed E-state index contributed by atoms with van der Waals surface area (Å²) in [7, 11) is 1.77. The van der Waals surface area contributed by atoms with Crippen molar-refractivity contribution in [3.63, 3.8) is 0 Å². The molecule has 0 spiro atoms. The second-order valence-electron chi connectivity index (χ2n) is 7.80. The molecular formula is C24H30N6O. The zero-order valence-corrected chi connectivity index (χ0v) is 18.3. The fourth-order valence-corrected chi connectivity index (χ4v) is 3.76. The van der Waals surface area contributed by atoms with Gasteiger partial charge in [-0.2, -0.15) is 0 Å². The number of aryl methyl sites for hydroxylation is 2. The van der Waals surface area contributed by atoms with Gasteiger partial charge in [-0.25, -0.2) is 0 Å². The number of nitrogens with one attached hydrogen (secondary N) is 2. The van der Waals surface area contributed by atoms with Gasteiger partial charge in [-0.3, -0.25) is 4.99 Å². The molecule has 0 bridgehead atoms. The van der Waals surface area contributed by atoms with E-state index in [9.17, 15) is 0 Å². The summed E-state index contributed by atoms with van der Waals surface area (Å²) >= 11 is 0. The zero-order chi connectivity index (χ0) is 21.5. The third-order valence-corrected chi connectivity index (χ3v) is 5.46. The van der Waals surface area contributed by atoms with Gasteiger partial charge in [-0.15, -0.1) is 10.2 Å². The van der Waals surface area contributed by atoms with Crippen molar-refractivity contribution in [1.29, 1.82) is 0 Å². The highest BCUT2D eigenvalue weighted by Crippen LogP contribution is 2.26. The van der Waals surface area contributed by atoms with Crippen molar-refractivity contribution in [3.8, 4) is 11.5 Å². The fraction of sp³-hybridized carbons (Fsp3) is 0.375. The molecular weight excluding hydrogens is 388 g/mol. The molecule has 0 saturated carbocycles. The van der Waals surface area contributed by atoms with E-state index >= 15 is 0 Å². The monoisotopic (exact) mass is 418 g/mol. The number of fused-ring (bicyclic) bond motifs is 1. The minimum atomic E-state index is 0.591. The number of hydrogen-bond acceptors (Lipinski definition) is 4. The Morgan fingerprint density at radius 1 is 1.03 bits per heavy atom. The maximum atomic E-state index is 6.13. The van der Waals surface area contributed by atoms with Crippen LogP contribution in [0.25, 0.3) is 0 Å². The van der Waals surface area contributed by atoms with Crippen molar-refractivity contribution in [2.24, 2.45) is 4.99 Å². The van der Waals surface area contributed by atoms with E-state index in [0.717, 1.165) is 53.2 Å². The molecule has 0 radical (unpaired) electrons. The van der Waals surface area contributed by atoms with Gasteiger partial charge in [0.1, 0.15) is 17.3 Å². The summed E-state index contributed by atoms with van der Waals surface area (Å²) in [6, 6.07) is 16.1. The molecule has 0 atom stereocenters. The first-order chi connectivity index (χ1) is 15.2. The molecule has 0 aliphatic carbocycles. The van der Waals surface area contributed by atoms with Crippen LogP contribution in [0.1, 0.15) is 42.0 Å². The summed E-state index contributed by atoms with van der Waals surface area (Å²) in [5.41, 5.74) is 2.22. The molecule has 1 aliphatic rings. The number of rotatable bonds is 6. The van der Waals surface area contributed by atoms with Crippen molar-refractivity contribution in [2.75, 3.05) is 7.05 Å². The highest BCUT2D eigenvalue weighted by molar-refractivity contribution is 5.79. The molecule has 7 nitrogen and oxygen atoms in total. The standard InChI is InChI=1S/C24H30N6O/c1-18-12-13-19(21(15-18)31-20-9-5-3-6-10-20)16-26-24(25-2)27-17-23-29-28-22-11-7-4-8-14-30(22)23/h3,5-6,9-10,12-13,15H,4,7-8,11,14,16-17H2,1-2H3,(H2,25,26,27). The van der Waals surface area contributed by atoms with E-state index in [1.807, 2.05) is 30.3 Å². The largest absolute Gasteiger partial charge is 0.457 e. The number of nitrogens with zero attached hydrogens (tertiary/aromatic N) is 4. The lowest BCUT2D eigenvalue weighted by Gasteiger charge is -2.15. The lowest BCUT2D eigenvalue weighted by molar-refractivity contribution is 0.474. The Labute approximate surface area is 183 Å². The van der Waals surface area contributed by atoms with E-state index in [-0.39, 0.29) is 0 Å². The highest BCUT2D eigenvalue weighted by atomic mass is 16.5. The minimum Gasteiger partial charge on any atom is -0.457 e. The van der Waals surface area contributed by atoms with E-state index in [2.05, 4.69) is 55.5 Å². The maximum Gasteiger partial charge on any atom is 0.191 e. The molecule has 31 heavy (non-hydrogen) atoms. The first-order valence-corrected chi connectivity index (χ1v) is 10.9. The predicted molar refractivity (Wildman–Crippen MR) is 122 cm³/mol. The molecule has 7 heteroatoms. The quantitative estimate of drug-likeness (QED) is 0.468. The van der Waals surface area contributed by atoms with Crippen LogP contribution in [-0.2, 0) is 26.1 Å². The third-order valence-electron chi connectivity index (χ3n) is 5.46. The van der Waals surface area contributed by atoms with Crippen molar-refractivity contribution in [3.05, 3.63) is 71.3 Å². The van der Waals surface area contributed by atoms with Crippen LogP contribution in [0.5, 0.6) is 11.5 Å². The molecule has 0 amide bonds. The zero-order valence-electron chi connectivity index (χ0n) is 18.3. The first kappa shape index (κ1) is 20.9. The van der Waals surface area contributed by atoms with Crippen LogP contribution in [0.15, 0.2) is 53.5 Å². The summed E-state index contributed by atoms with van der Waals surface area (Å²) in [5, 5.41) is 15.5. The van der Waals surface area contributed by atoms with E-state index < -0.39 is 0 Å². The van der Waals surface area contributed by atoms with Gasteiger partial charge in [-0.05, 0) is 43.5 Å². The van der Waals surface area contributed by atoms with Gasteiger partial charge in [0.25, 0.3) is 0 Å². The summed E-state index contributed by atoms with van der Waals surface area (Å²) in [6.07, 6.45) is 4.64. The minimum absolute atomic E-state index is 0.591. The average molecular weight is 419 g/mol. The lowest BCUT2D eigenvalue weighted by Crippen LogP contribution is -2.37. The molecule has 0 saturated heterocycles. The van der Waals surface area contributed by atoms with E-state index in [4.69, 9.17) is 4.74 Å². The van der Waals surface area contributed by atoms with Gasteiger partial charge >= 0.3 is 0 Å². The van der Waals surface area contributed by atoms with Gasteiger partial charge in [0, 0.05) is 32.1 Å². The molecule has 0 unspecified atom stereocenters. The van der Waals surface area contributed by atoms with E-state index in [0.29, 0.717) is 13.1 Å². The molecule has 2 aromatic carbocycles. The SMILES string of the molecule is CN=C(NCc1ccc(C)cc1Oc1ccccc1)NCc1nnc2n1CCCCC2. The highest BCUT2D eigenvalue weighted by Gasteiger charge is 2.15. The second kappa shape index (κ2) is 10.1. The topological polar surface area (TPSA) is 76.4 Å². The van der Waals surface area contributed by atoms with Crippen molar-refractivity contribution < 1.29 is 4.74 Å². The summed E-state index contributed by atoms with van der Waals surface area (Å²) in [4.78, 5) is 4.36. The normalized spacial score (nSPS) is 13.9. The predicted octanol–water partition coefficient (Wildman–Crippen LogP) is 3.97. The smallest absolute Gasteiger partial charge is 0.191 e. The summed E-state index contributed by atoms with van der Waals surface area (Å²) < 4.78 is 8.38. The Kier molecular flexibility index (Phi) is 6.82. The van der Waals surface area contributed by atoms with Crippen LogP contribution < -0.4 is 15.4 Å². The van der Waals surface area contributed by atoms with Crippen molar-refractivity contribution >= 4 is 5.96 Å². The summed E-state index contributed by atoms with van der Waals surface area (Å²) in [6.45, 7) is 4.25. The number of para-hydroxylation sites is 1. The van der Waals surface area contributed by atoms with Crippen LogP contribution >= 0.6 is 0 Å².